The van der Waals surface area contributed by atoms with E-state index in [4.69, 9.17) is 23.2 Å². The smallest absolute Gasteiger partial charge is 0.304 e. The highest BCUT2D eigenvalue weighted by Crippen LogP contribution is 2.52. The lowest BCUT2D eigenvalue weighted by Gasteiger charge is -2.52. The highest BCUT2D eigenvalue weighted by Gasteiger charge is 2.52. The third-order valence-corrected chi connectivity index (χ3v) is 12.0. The fourth-order valence-corrected chi connectivity index (χ4v) is 8.89. The summed E-state index contributed by atoms with van der Waals surface area (Å²) in [5.74, 6) is -1.40. The lowest BCUT2D eigenvalue weighted by atomic mass is 9.67. The van der Waals surface area contributed by atoms with Crippen LogP contribution in [-0.2, 0) is 19.6 Å². The molecule has 11 heteroatoms. The Morgan fingerprint density at radius 1 is 1.02 bits per heavy atom. The van der Waals surface area contributed by atoms with Crippen molar-refractivity contribution < 1.29 is 23.1 Å². The number of benzene rings is 2. The van der Waals surface area contributed by atoms with Gasteiger partial charge in [0, 0.05) is 54.7 Å². The van der Waals surface area contributed by atoms with E-state index in [0.29, 0.717) is 55.6 Å². The quantitative estimate of drug-likeness (QED) is 0.374. The molecule has 2 aliphatic heterocycles. The van der Waals surface area contributed by atoms with Crippen LogP contribution in [0.2, 0.25) is 10.0 Å². The Morgan fingerprint density at radius 2 is 1.69 bits per heavy atom. The molecule has 2 aromatic rings. The minimum Gasteiger partial charge on any atom is -0.481 e. The number of aliphatic carboxylic acids is 1. The van der Waals surface area contributed by atoms with Crippen molar-refractivity contribution in [1.29, 1.82) is 0 Å². The van der Waals surface area contributed by atoms with E-state index in [2.05, 4.69) is 4.90 Å². The van der Waals surface area contributed by atoms with Crippen LogP contribution in [0.3, 0.4) is 0 Å². The summed E-state index contributed by atoms with van der Waals surface area (Å²) >= 11 is 12.7. The van der Waals surface area contributed by atoms with E-state index in [1.165, 1.54) is 0 Å². The Morgan fingerprint density at radius 3 is 2.26 bits per heavy atom. The van der Waals surface area contributed by atoms with Gasteiger partial charge in [-0.2, -0.15) is 4.31 Å². The SMILES string of the molecule is CC[C@@H](CN1CCN(S(=O)(=O)C2CC2)CC1)N1C(=O)[C@@](C)(CC(=O)O)CC(c2cccc(Cl)c2)[C@H]1c1ccc(Cl)cc1. The van der Waals surface area contributed by atoms with Gasteiger partial charge in [-0.1, -0.05) is 61.3 Å². The molecule has 2 aromatic carbocycles. The number of carbonyl (C=O) groups is 2. The molecule has 2 heterocycles. The van der Waals surface area contributed by atoms with Gasteiger partial charge >= 0.3 is 5.97 Å². The van der Waals surface area contributed by atoms with Crippen molar-refractivity contribution in [1.82, 2.24) is 14.1 Å². The molecule has 1 N–H and O–H groups in total. The molecule has 4 atom stereocenters. The molecule has 3 aliphatic rings. The van der Waals surface area contributed by atoms with Gasteiger partial charge in [-0.05, 0) is 61.1 Å². The molecule has 0 aromatic heterocycles. The first-order chi connectivity index (χ1) is 19.9. The molecule has 1 unspecified atom stereocenters. The van der Waals surface area contributed by atoms with Crippen molar-refractivity contribution in [3.63, 3.8) is 0 Å². The summed E-state index contributed by atoms with van der Waals surface area (Å²) in [6.07, 6.45) is 2.22. The largest absolute Gasteiger partial charge is 0.481 e. The molecule has 0 radical (unpaired) electrons. The number of hydrogen-bond acceptors (Lipinski definition) is 5. The zero-order valence-corrected chi connectivity index (χ0v) is 26.4. The van der Waals surface area contributed by atoms with Gasteiger partial charge in [0.25, 0.3) is 0 Å². The third-order valence-electron chi connectivity index (χ3n) is 9.10. The predicted molar refractivity (Wildman–Crippen MR) is 164 cm³/mol. The van der Waals surface area contributed by atoms with Crippen molar-refractivity contribution in [3.8, 4) is 0 Å². The topological polar surface area (TPSA) is 98.2 Å². The van der Waals surface area contributed by atoms with E-state index in [9.17, 15) is 23.1 Å². The fraction of sp³-hybridized carbons (Fsp3) is 0.548. The zero-order valence-electron chi connectivity index (χ0n) is 24.1. The molecular weight excluding hydrogens is 597 g/mol. The van der Waals surface area contributed by atoms with E-state index >= 15 is 0 Å². The summed E-state index contributed by atoms with van der Waals surface area (Å²) < 4.78 is 27.2. The first-order valence-electron chi connectivity index (χ1n) is 14.7. The number of amides is 1. The molecular formula is C31H39Cl2N3O5S. The van der Waals surface area contributed by atoms with Gasteiger partial charge in [-0.15, -0.1) is 0 Å². The number of hydrogen-bond donors (Lipinski definition) is 1. The summed E-state index contributed by atoms with van der Waals surface area (Å²) in [4.78, 5) is 30.7. The summed E-state index contributed by atoms with van der Waals surface area (Å²) in [5, 5.41) is 10.8. The third kappa shape index (κ3) is 6.50. The maximum atomic E-state index is 14.5. The Kier molecular flexibility index (Phi) is 9.26. The van der Waals surface area contributed by atoms with Gasteiger partial charge in [0.05, 0.1) is 23.1 Å². The summed E-state index contributed by atoms with van der Waals surface area (Å²) in [5.41, 5.74) is 0.755. The normalized spacial score (nSPS) is 26.8. The molecule has 2 saturated heterocycles. The first-order valence-corrected chi connectivity index (χ1v) is 17.0. The standard InChI is InChI=1S/C31H39Cl2N3O5S/c1-3-25(20-34-13-15-35(16-14-34)42(40,41)26-11-12-26)36-29(21-7-9-23(32)10-8-21)27(22-5-4-6-24(33)17-22)18-31(2,30(36)39)19-28(37)38/h4-10,17,25-27,29H,3,11-16,18-20H2,1-2H3,(H,37,38)/t25-,27?,29+,31+/m0/s1. The van der Waals surface area contributed by atoms with Gasteiger partial charge in [-0.3, -0.25) is 14.5 Å². The molecule has 8 nitrogen and oxygen atoms in total. The number of carboxylic acid groups (broad SMARTS) is 1. The Bertz CT molecular complexity index is 1410. The Hall–Kier alpha value is -2.17. The predicted octanol–water partition coefficient (Wildman–Crippen LogP) is 5.42. The average molecular weight is 637 g/mol. The lowest BCUT2D eigenvalue weighted by Crippen LogP contribution is -2.59. The number of sulfonamides is 1. The number of halogens is 2. The van der Waals surface area contributed by atoms with Gasteiger partial charge in [0.15, 0.2) is 0 Å². The van der Waals surface area contributed by atoms with Gasteiger partial charge in [0.2, 0.25) is 15.9 Å². The van der Waals surface area contributed by atoms with Crippen molar-refractivity contribution >= 4 is 45.1 Å². The number of carbonyl (C=O) groups excluding carboxylic acids is 1. The molecule has 42 heavy (non-hydrogen) atoms. The van der Waals surface area contributed by atoms with E-state index in [1.807, 2.05) is 60.4 Å². The molecule has 1 amide bonds. The molecule has 1 saturated carbocycles. The van der Waals surface area contributed by atoms with Crippen molar-refractivity contribution in [3.05, 3.63) is 69.7 Å². The van der Waals surface area contributed by atoms with Gasteiger partial charge in [-0.25, -0.2) is 8.42 Å². The van der Waals surface area contributed by atoms with E-state index in [-0.39, 0.29) is 35.6 Å². The monoisotopic (exact) mass is 635 g/mol. The Labute approximate surface area is 258 Å². The van der Waals surface area contributed by atoms with Crippen LogP contribution in [0.15, 0.2) is 48.5 Å². The lowest BCUT2D eigenvalue weighted by molar-refractivity contribution is -0.161. The Balaban J connectivity index is 1.50. The maximum absolute atomic E-state index is 14.5. The number of likely N-dealkylation sites (tertiary alicyclic amines) is 1. The average Bonchev–Trinajstić information content (AvgIpc) is 3.80. The second-order valence-corrected chi connectivity index (χ2v) is 15.3. The molecule has 0 spiro atoms. The van der Waals surface area contributed by atoms with Crippen LogP contribution in [0.25, 0.3) is 0 Å². The van der Waals surface area contributed by atoms with Crippen LogP contribution >= 0.6 is 23.2 Å². The van der Waals surface area contributed by atoms with Crippen LogP contribution in [0, 0.1) is 5.41 Å². The van der Waals surface area contributed by atoms with Crippen LogP contribution < -0.4 is 0 Å². The highest BCUT2D eigenvalue weighted by molar-refractivity contribution is 7.90. The molecule has 228 valence electrons. The summed E-state index contributed by atoms with van der Waals surface area (Å²) in [6.45, 7) is 6.41. The second kappa shape index (κ2) is 12.4. The summed E-state index contributed by atoms with van der Waals surface area (Å²) in [6, 6.07) is 14.5. The van der Waals surface area contributed by atoms with E-state index in [0.717, 1.165) is 24.0 Å². The van der Waals surface area contributed by atoms with E-state index < -0.39 is 21.4 Å². The van der Waals surface area contributed by atoms with Crippen molar-refractivity contribution in [2.45, 2.75) is 69.2 Å². The number of rotatable bonds is 10. The highest BCUT2D eigenvalue weighted by atomic mass is 35.5. The van der Waals surface area contributed by atoms with Crippen LogP contribution in [0.1, 0.15) is 69.0 Å². The fourth-order valence-electron chi connectivity index (χ4n) is 6.74. The van der Waals surface area contributed by atoms with Crippen molar-refractivity contribution in [2.75, 3.05) is 32.7 Å². The van der Waals surface area contributed by atoms with Crippen LogP contribution in [0.4, 0.5) is 0 Å². The maximum Gasteiger partial charge on any atom is 0.304 e. The number of piperazine rings is 1. The molecule has 3 fully saturated rings. The van der Waals surface area contributed by atoms with E-state index in [1.54, 1.807) is 11.2 Å². The van der Waals surface area contributed by atoms with Gasteiger partial charge in [0.1, 0.15) is 0 Å². The minimum absolute atomic E-state index is 0.176. The van der Waals surface area contributed by atoms with Gasteiger partial charge < -0.3 is 10.0 Å². The molecule has 1 aliphatic carbocycles. The van der Waals surface area contributed by atoms with Crippen molar-refractivity contribution in [2.24, 2.45) is 5.41 Å². The summed E-state index contributed by atoms with van der Waals surface area (Å²) in [7, 11) is -3.23. The first kappa shape index (κ1) is 31.3. The second-order valence-electron chi connectivity index (χ2n) is 12.2. The van der Waals surface area contributed by atoms with Crippen LogP contribution in [0.5, 0.6) is 0 Å². The zero-order chi connectivity index (χ0) is 30.2. The minimum atomic E-state index is -3.23. The number of carboxylic acids is 1. The molecule has 5 rings (SSSR count). The molecule has 0 bridgehead atoms. The van der Waals surface area contributed by atoms with Crippen LogP contribution in [-0.4, -0.2) is 83.5 Å². The number of piperidine rings is 1. The number of nitrogens with zero attached hydrogens (tertiary/aromatic N) is 3.